The number of hydrogen-bond donors (Lipinski definition) is 1. The lowest BCUT2D eigenvalue weighted by Crippen LogP contribution is -2.01. The molecule has 0 aliphatic carbocycles. The zero-order chi connectivity index (χ0) is 8.97. The summed E-state index contributed by atoms with van der Waals surface area (Å²) < 4.78 is 0. The molecule has 0 saturated carbocycles. The lowest BCUT2D eigenvalue weighted by Gasteiger charge is -2.01. The zero-order valence-corrected chi connectivity index (χ0v) is 8.32. The van der Waals surface area contributed by atoms with Crippen LogP contribution in [-0.4, -0.2) is 17.3 Å². The molecular formula is C9H14N2S. The molecule has 1 aromatic rings. The average molecular weight is 182 g/mol. The third-order valence-corrected chi connectivity index (χ3v) is 2.39. The Balaban J connectivity index is 2.72. The Morgan fingerprint density at radius 1 is 1.42 bits per heavy atom. The largest absolute Gasteiger partial charge is 0.330 e. The molecule has 2 nitrogen and oxygen atoms in total. The zero-order valence-electron chi connectivity index (χ0n) is 7.50. The first-order chi connectivity index (χ1) is 5.72. The van der Waals surface area contributed by atoms with Gasteiger partial charge in [0.1, 0.15) is 0 Å². The number of thioether (sulfide) groups is 1. The molecular weight excluding hydrogens is 168 g/mol. The molecule has 1 heterocycles. The monoisotopic (exact) mass is 182 g/mol. The van der Waals surface area contributed by atoms with Crippen LogP contribution in [0.3, 0.4) is 0 Å². The van der Waals surface area contributed by atoms with Crippen molar-refractivity contribution < 1.29 is 0 Å². The third-order valence-electron chi connectivity index (χ3n) is 1.44. The highest BCUT2D eigenvalue weighted by Crippen LogP contribution is 2.16. The molecule has 0 unspecified atom stereocenters. The van der Waals surface area contributed by atoms with Crippen molar-refractivity contribution in [2.75, 3.05) is 12.3 Å². The van der Waals surface area contributed by atoms with Gasteiger partial charge in [-0.1, -0.05) is 0 Å². The standard InChI is InChI=1S/C9H14N2S/c1-7-5-8(2)11-9(6-7)12-4-3-10/h5-6H,3-4,10H2,1-2H3. The molecule has 66 valence electrons. The summed E-state index contributed by atoms with van der Waals surface area (Å²) in [6.45, 7) is 4.81. The Morgan fingerprint density at radius 2 is 2.17 bits per heavy atom. The van der Waals surface area contributed by atoms with Crippen LogP contribution in [0.15, 0.2) is 17.2 Å². The van der Waals surface area contributed by atoms with E-state index in [-0.39, 0.29) is 0 Å². The van der Waals surface area contributed by atoms with Crippen LogP contribution in [0.1, 0.15) is 11.3 Å². The van der Waals surface area contributed by atoms with Crippen LogP contribution in [0.4, 0.5) is 0 Å². The van der Waals surface area contributed by atoms with Gasteiger partial charge in [0.15, 0.2) is 0 Å². The second-order valence-corrected chi connectivity index (χ2v) is 3.88. The van der Waals surface area contributed by atoms with Gasteiger partial charge < -0.3 is 5.73 Å². The second-order valence-electron chi connectivity index (χ2n) is 2.76. The predicted octanol–water partition coefficient (Wildman–Crippen LogP) is 1.75. The van der Waals surface area contributed by atoms with Crippen molar-refractivity contribution in [3.8, 4) is 0 Å². The minimum atomic E-state index is 0.708. The van der Waals surface area contributed by atoms with Gasteiger partial charge in [0, 0.05) is 18.0 Å². The van der Waals surface area contributed by atoms with Gasteiger partial charge in [0.25, 0.3) is 0 Å². The molecule has 0 radical (unpaired) electrons. The van der Waals surface area contributed by atoms with E-state index in [1.807, 2.05) is 6.92 Å². The molecule has 0 amide bonds. The first kappa shape index (κ1) is 9.55. The number of pyridine rings is 1. The summed E-state index contributed by atoms with van der Waals surface area (Å²) in [7, 11) is 0. The number of aryl methyl sites for hydroxylation is 2. The summed E-state index contributed by atoms with van der Waals surface area (Å²) >= 11 is 1.71. The maximum Gasteiger partial charge on any atom is 0.0966 e. The summed E-state index contributed by atoms with van der Waals surface area (Å²) in [6.07, 6.45) is 0. The molecule has 0 aliphatic heterocycles. The second kappa shape index (κ2) is 4.48. The average Bonchev–Trinajstić information content (AvgIpc) is 1.99. The van der Waals surface area contributed by atoms with E-state index in [0.29, 0.717) is 6.54 Å². The van der Waals surface area contributed by atoms with Crippen LogP contribution in [0.5, 0.6) is 0 Å². The normalized spacial score (nSPS) is 10.2. The smallest absolute Gasteiger partial charge is 0.0966 e. The van der Waals surface area contributed by atoms with E-state index in [4.69, 9.17) is 5.73 Å². The van der Waals surface area contributed by atoms with Gasteiger partial charge in [-0.15, -0.1) is 11.8 Å². The summed E-state index contributed by atoms with van der Waals surface area (Å²) in [5, 5.41) is 1.08. The van der Waals surface area contributed by atoms with Crippen LogP contribution >= 0.6 is 11.8 Å². The minimum Gasteiger partial charge on any atom is -0.330 e. The van der Waals surface area contributed by atoms with E-state index in [9.17, 15) is 0 Å². The number of aromatic nitrogens is 1. The maximum atomic E-state index is 5.40. The summed E-state index contributed by atoms with van der Waals surface area (Å²) in [4.78, 5) is 4.38. The molecule has 3 heteroatoms. The molecule has 2 N–H and O–H groups in total. The number of hydrogen-bond acceptors (Lipinski definition) is 3. The fourth-order valence-corrected chi connectivity index (χ4v) is 1.85. The molecule has 0 atom stereocenters. The molecule has 12 heavy (non-hydrogen) atoms. The van der Waals surface area contributed by atoms with Crippen molar-refractivity contribution in [2.24, 2.45) is 5.73 Å². The quantitative estimate of drug-likeness (QED) is 0.724. The van der Waals surface area contributed by atoms with Gasteiger partial charge in [-0.25, -0.2) is 4.98 Å². The first-order valence-corrected chi connectivity index (χ1v) is 4.99. The van der Waals surface area contributed by atoms with Gasteiger partial charge in [0.2, 0.25) is 0 Å². The molecule has 1 rings (SSSR count). The number of nitrogens with two attached hydrogens (primary N) is 1. The summed E-state index contributed by atoms with van der Waals surface area (Å²) in [5.74, 6) is 0.940. The molecule has 0 saturated heterocycles. The van der Waals surface area contributed by atoms with E-state index in [1.54, 1.807) is 11.8 Å². The van der Waals surface area contributed by atoms with Crippen molar-refractivity contribution in [2.45, 2.75) is 18.9 Å². The Kier molecular flexibility index (Phi) is 3.56. The SMILES string of the molecule is Cc1cc(C)nc(SCCN)c1. The van der Waals surface area contributed by atoms with Crippen LogP contribution in [0, 0.1) is 13.8 Å². The fourth-order valence-electron chi connectivity index (χ4n) is 1.04. The summed E-state index contributed by atoms with van der Waals surface area (Å²) in [5.41, 5.74) is 7.75. The first-order valence-electron chi connectivity index (χ1n) is 4.00. The van der Waals surface area contributed by atoms with Gasteiger partial charge in [-0.05, 0) is 31.5 Å². The topological polar surface area (TPSA) is 38.9 Å². The highest BCUT2D eigenvalue weighted by Gasteiger charge is 1.96. The van der Waals surface area contributed by atoms with Crippen molar-refractivity contribution in [3.05, 3.63) is 23.4 Å². The maximum absolute atomic E-state index is 5.40. The lowest BCUT2D eigenvalue weighted by molar-refractivity contribution is 1.04. The van der Waals surface area contributed by atoms with Crippen LogP contribution < -0.4 is 5.73 Å². The minimum absolute atomic E-state index is 0.708. The van der Waals surface area contributed by atoms with E-state index in [2.05, 4.69) is 24.0 Å². The molecule has 1 aromatic heterocycles. The van der Waals surface area contributed by atoms with Crippen molar-refractivity contribution in [3.63, 3.8) is 0 Å². The van der Waals surface area contributed by atoms with Gasteiger partial charge in [0.05, 0.1) is 5.03 Å². The number of rotatable bonds is 3. The number of nitrogens with zero attached hydrogens (tertiary/aromatic N) is 1. The van der Waals surface area contributed by atoms with Crippen LogP contribution in [0.2, 0.25) is 0 Å². The van der Waals surface area contributed by atoms with Gasteiger partial charge in [-0.2, -0.15) is 0 Å². The van der Waals surface area contributed by atoms with Crippen LogP contribution in [-0.2, 0) is 0 Å². The molecule has 0 fully saturated rings. The van der Waals surface area contributed by atoms with E-state index in [1.165, 1.54) is 5.56 Å². The molecule has 0 bridgehead atoms. The Bertz CT molecular complexity index is 240. The molecule has 0 aromatic carbocycles. The Hall–Kier alpha value is -0.540. The van der Waals surface area contributed by atoms with Crippen molar-refractivity contribution in [1.82, 2.24) is 4.98 Å². The van der Waals surface area contributed by atoms with Gasteiger partial charge in [-0.3, -0.25) is 0 Å². The highest BCUT2D eigenvalue weighted by molar-refractivity contribution is 7.99. The highest BCUT2D eigenvalue weighted by atomic mass is 32.2. The Labute approximate surface area is 77.6 Å². The molecule has 0 spiro atoms. The predicted molar refractivity (Wildman–Crippen MR) is 53.5 cm³/mol. The lowest BCUT2D eigenvalue weighted by atomic mass is 10.3. The van der Waals surface area contributed by atoms with E-state index >= 15 is 0 Å². The summed E-state index contributed by atoms with van der Waals surface area (Å²) in [6, 6.07) is 4.17. The van der Waals surface area contributed by atoms with Crippen LogP contribution in [0.25, 0.3) is 0 Å². The van der Waals surface area contributed by atoms with Gasteiger partial charge >= 0.3 is 0 Å². The third kappa shape index (κ3) is 2.83. The van der Waals surface area contributed by atoms with E-state index in [0.717, 1.165) is 16.5 Å². The molecule has 0 aliphatic rings. The van der Waals surface area contributed by atoms with Crippen molar-refractivity contribution >= 4 is 11.8 Å². The Morgan fingerprint density at radius 3 is 2.75 bits per heavy atom. The van der Waals surface area contributed by atoms with E-state index < -0.39 is 0 Å². The van der Waals surface area contributed by atoms with Crippen molar-refractivity contribution in [1.29, 1.82) is 0 Å². The fraction of sp³-hybridized carbons (Fsp3) is 0.444.